The molecule has 0 aromatic heterocycles. The molecule has 0 saturated carbocycles. The molecule has 7 nitrogen and oxygen atoms in total. The minimum atomic E-state index is -0.864. The van der Waals surface area contributed by atoms with Gasteiger partial charge in [0, 0.05) is 6.92 Å². The Bertz CT molecular complexity index is 710. The van der Waals surface area contributed by atoms with Gasteiger partial charge in [0.15, 0.2) is 0 Å². The molecule has 1 aromatic carbocycles. The van der Waals surface area contributed by atoms with Gasteiger partial charge in [0.1, 0.15) is 11.9 Å². The molecule has 2 rings (SSSR count). The molecule has 1 heterocycles. The van der Waals surface area contributed by atoms with Gasteiger partial charge < -0.3 is 20.1 Å². The molecule has 3 unspecified atom stereocenters. The lowest BCUT2D eigenvalue weighted by atomic mass is 10.0. The van der Waals surface area contributed by atoms with E-state index >= 15 is 0 Å². The zero-order chi connectivity index (χ0) is 20.7. The van der Waals surface area contributed by atoms with Crippen molar-refractivity contribution in [2.24, 2.45) is 5.92 Å². The normalized spacial score (nSPS) is 20.3. The van der Waals surface area contributed by atoms with E-state index in [-0.39, 0.29) is 11.5 Å². The lowest BCUT2D eigenvalue weighted by molar-refractivity contribution is -0.192. The van der Waals surface area contributed by atoms with Crippen molar-refractivity contribution in [3.8, 4) is 0 Å². The molecule has 0 aliphatic carbocycles. The summed E-state index contributed by atoms with van der Waals surface area (Å²) in [5.74, 6) is -2.12. The number of benzene rings is 1. The average molecular weight is 394 g/mol. The summed E-state index contributed by atoms with van der Waals surface area (Å²) < 4.78 is 24.4. The van der Waals surface area contributed by atoms with E-state index in [4.69, 9.17) is 9.47 Å². The number of hydrogen-bond acceptors (Lipinski definition) is 5. The average Bonchev–Trinajstić information content (AvgIpc) is 2.62. The molecule has 1 aromatic rings. The molecular formula is C20H27FN2O5. The maximum absolute atomic E-state index is 13.9. The molecule has 8 heteroatoms. The second kappa shape index (κ2) is 10.2. The largest absolute Gasteiger partial charge is 0.434 e. The topological polar surface area (TPSA) is 93.7 Å². The molecule has 3 atom stereocenters. The maximum atomic E-state index is 13.9. The van der Waals surface area contributed by atoms with E-state index in [2.05, 4.69) is 10.6 Å². The quantitative estimate of drug-likeness (QED) is 0.691. The summed E-state index contributed by atoms with van der Waals surface area (Å²) in [6.45, 7) is 5.54. The Morgan fingerprint density at radius 2 is 2.00 bits per heavy atom. The first-order valence-corrected chi connectivity index (χ1v) is 9.42. The van der Waals surface area contributed by atoms with Gasteiger partial charge in [-0.15, -0.1) is 0 Å². The number of carbonyl (C=O) groups is 3. The van der Waals surface area contributed by atoms with Crippen LogP contribution in [0.1, 0.15) is 50.4 Å². The Labute approximate surface area is 164 Å². The first-order chi connectivity index (χ1) is 13.3. The van der Waals surface area contributed by atoms with Gasteiger partial charge in [0.05, 0.1) is 18.2 Å². The summed E-state index contributed by atoms with van der Waals surface area (Å²) in [6, 6.07) is 4.23. The SMILES string of the molecule is CC(=O)OC1OCCCC1NC(=O)C(CC(C)C)NC(=O)c1ccccc1F. The number of amides is 2. The standard InChI is InChI=1S/C20H27FN2O5/c1-12(2)11-17(23-18(25)14-7-4-5-8-15(14)21)19(26)22-16-9-6-10-27-20(16)28-13(3)24/h4-5,7-8,12,16-17,20H,6,9-11H2,1-3H3,(H,22,26)(H,23,25). The molecule has 2 N–H and O–H groups in total. The number of nitrogens with one attached hydrogen (secondary N) is 2. The third kappa shape index (κ3) is 6.30. The van der Waals surface area contributed by atoms with E-state index in [9.17, 15) is 18.8 Å². The summed E-state index contributed by atoms with van der Waals surface area (Å²) in [5.41, 5.74) is -0.122. The van der Waals surface area contributed by atoms with E-state index in [1.54, 1.807) is 6.07 Å². The zero-order valence-corrected chi connectivity index (χ0v) is 16.4. The van der Waals surface area contributed by atoms with Crippen LogP contribution in [0.5, 0.6) is 0 Å². The highest BCUT2D eigenvalue weighted by molar-refractivity contribution is 5.97. The van der Waals surface area contributed by atoms with Gasteiger partial charge in [-0.25, -0.2) is 4.39 Å². The molecule has 1 fully saturated rings. The van der Waals surface area contributed by atoms with Crippen LogP contribution in [0.25, 0.3) is 0 Å². The van der Waals surface area contributed by atoms with Crippen LogP contribution in [-0.2, 0) is 19.1 Å². The third-order valence-electron chi connectivity index (χ3n) is 4.33. The smallest absolute Gasteiger partial charge is 0.305 e. The highest BCUT2D eigenvalue weighted by atomic mass is 19.1. The van der Waals surface area contributed by atoms with Gasteiger partial charge in [-0.2, -0.15) is 0 Å². The molecule has 1 aliphatic rings. The first-order valence-electron chi connectivity index (χ1n) is 9.42. The van der Waals surface area contributed by atoms with Gasteiger partial charge in [-0.05, 0) is 37.3 Å². The number of carbonyl (C=O) groups excluding carboxylic acids is 3. The minimum Gasteiger partial charge on any atom is -0.434 e. The first kappa shape index (κ1) is 21.8. The zero-order valence-electron chi connectivity index (χ0n) is 16.4. The number of hydrogen-bond donors (Lipinski definition) is 2. The molecule has 154 valence electrons. The summed E-state index contributed by atoms with van der Waals surface area (Å²) in [7, 11) is 0. The number of esters is 1. The fourth-order valence-corrected chi connectivity index (χ4v) is 3.04. The fraction of sp³-hybridized carbons (Fsp3) is 0.550. The van der Waals surface area contributed by atoms with Crippen molar-refractivity contribution in [2.45, 2.75) is 58.4 Å². The molecule has 0 bridgehead atoms. The Morgan fingerprint density at radius 3 is 2.64 bits per heavy atom. The Balaban J connectivity index is 2.08. The predicted octanol–water partition coefficient (Wildman–Crippen LogP) is 2.15. The van der Waals surface area contributed by atoms with Crippen molar-refractivity contribution < 1.29 is 28.2 Å². The van der Waals surface area contributed by atoms with Crippen LogP contribution in [0.3, 0.4) is 0 Å². The van der Waals surface area contributed by atoms with Gasteiger partial charge in [0.2, 0.25) is 12.2 Å². The van der Waals surface area contributed by atoms with E-state index in [1.165, 1.54) is 25.1 Å². The molecule has 2 amide bonds. The van der Waals surface area contributed by atoms with Crippen LogP contribution < -0.4 is 10.6 Å². The summed E-state index contributed by atoms with van der Waals surface area (Å²) in [4.78, 5) is 36.5. The monoisotopic (exact) mass is 394 g/mol. The lowest BCUT2D eigenvalue weighted by Crippen LogP contribution is -2.55. The van der Waals surface area contributed by atoms with Crippen molar-refractivity contribution in [3.63, 3.8) is 0 Å². The second-order valence-corrected chi connectivity index (χ2v) is 7.24. The summed E-state index contributed by atoms with van der Waals surface area (Å²) >= 11 is 0. The van der Waals surface area contributed by atoms with Gasteiger partial charge in [-0.3, -0.25) is 14.4 Å². The van der Waals surface area contributed by atoms with E-state index in [0.29, 0.717) is 25.9 Å². The van der Waals surface area contributed by atoms with Crippen LogP contribution in [0.4, 0.5) is 4.39 Å². The summed E-state index contributed by atoms with van der Waals surface area (Å²) in [6.07, 6.45) is 0.799. The van der Waals surface area contributed by atoms with Crippen LogP contribution in [0.15, 0.2) is 24.3 Å². The number of halogens is 1. The van der Waals surface area contributed by atoms with Crippen LogP contribution in [0.2, 0.25) is 0 Å². The predicted molar refractivity (Wildman–Crippen MR) is 99.8 cm³/mol. The maximum Gasteiger partial charge on any atom is 0.305 e. The lowest BCUT2D eigenvalue weighted by Gasteiger charge is -2.32. The molecular weight excluding hydrogens is 367 g/mol. The van der Waals surface area contributed by atoms with Crippen molar-refractivity contribution in [3.05, 3.63) is 35.6 Å². The third-order valence-corrected chi connectivity index (χ3v) is 4.33. The van der Waals surface area contributed by atoms with Gasteiger partial charge >= 0.3 is 5.97 Å². The van der Waals surface area contributed by atoms with E-state index in [0.717, 1.165) is 0 Å². The van der Waals surface area contributed by atoms with E-state index < -0.39 is 42.0 Å². The Morgan fingerprint density at radius 1 is 1.29 bits per heavy atom. The fourth-order valence-electron chi connectivity index (χ4n) is 3.04. The number of rotatable bonds is 7. The van der Waals surface area contributed by atoms with Gasteiger partial charge in [0.25, 0.3) is 5.91 Å². The Hall–Kier alpha value is -2.48. The molecule has 28 heavy (non-hydrogen) atoms. The Kier molecular flexibility index (Phi) is 7.92. The second-order valence-electron chi connectivity index (χ2n) is 7.24. The highest BCUT2D eigenvalue weighted by Gasteiger charge is 2.32. The molecule has 1 saturated heterocycles. The number of ether oxygens (including phenoxy) is 2. The highest BCUT2D eigenvalue weighted by Crippen LogP contribution is 2.17. The van der Waals surface area contributed by atoms with E-state index in [1.807, 2.05) is 13.8 Å². The van der Waals surface area contributed by atoms with Crippen LogP contribution >= 0.6 is 0 Å². The van der Waals surface area contributed by atoms with Crippen LogP contribution in [-0.4, -0.2) is 42.8 Å². The molecule has 0 radical (unpaired) electrons. The minimum absolute atomic E-state index is 0.114. The van der Waals surface area contributed by atoms with Crippen LogP contribution in [0, 0.1) is 11.7 Å². The molecule has 0 spiro atoms. The van der Waals surface area contributed by atoms with Crippen molar-refractivity contribution in [2.75, 3.05) is 6.61 Å². The van der Waals surface area contributed by atoms with Crippen molar-refractivity contribution >= 4 is 17.8 Å². The summed E-state index contributed by atoms with van der Waals surface area (Å²) in [5, 5.41) is 5.41. The van der Waals surface area contributed by atoms with Gasteiger partial charge in [-0.1, -0.05) is 26.0 Å². The molecule has 1 aliphatic heterocycles. The van der Waals surface area contributed by atoms with Crippen molar-refractivity contribution in [1.82, 2.24) is 10.6 Å². The van der Waals surface area contributed by atoms with Crippen molar-refractivity contribution in [1.29, 1.82) is 0 Å².